The van der Waals surface area contributed by atoms with Crippen LogP contribution in [0.15, 0.2) is 18.2 Å². The molecule has 0 amide bonds. The van der Waals surface area contributed by atoms with Gasteiger partial charge in [-0.3, -0.25) is 0 Å². The second-order valence-corrected chi connectivity index (χ2v) is 8.40. The largest absolute Gasteiger partial charge is 0.454 e. The van der Waals surface area contributed by atoms with Gasteiger partial charge in [-0.05, 0) is 38.5 Å². The monoisotopic (exact) mass is 299 g/mol. The van der Waals surface area contributed by atoms with Crippen molar-refractivity contribution in [2.45, 2.75) is 31.6 Å². The molecule has 0 spiro atoms. The smallest absolute Gasteiger partial charge is 0.231 e. The molecule has 0 fully saturated rings. The number of fused-ring (bicyclic) bond motifs is 1. The Labute approximate surface area is 120 Å². The molecule has 1 heterocycles. The molecule has 1 aliphatic heterocycles. The van der Waals surface area contributed by atoms with Crippen LogP contribution in [0.5, 0.6) is 11.5 Å². The average molecular weight is 299 g/mol. The van der Waals surface area contributed by atoms with Crippen molar-refractivity contribution in [3.63, 3.8) is 0 Å². The number of hydrogen-bond donors (Lipinski definition) is 1. The molecule has 0 bridgehead atoms. The minimum atomic E-state index is -3.10. The number of benzene rings is 1. The average Bonchev–Trinajstić information content (AvgIpc) is 2.81. The van der Waals surface area contributed by atoms with Gasteiger partial charge in [-0.2, -0.15) is 0 Å². The van der Waals surface area contributed by atoms with Gasteiger partial charge in [-0.15, -0.1) is 0 Å². The zero-order chi connectivity index (χ0) is 15.0. The van der Waals surface area contributed by atoms with E-state index in [4.69, 9.17) is 9.47 Å². The first-order valence-electron chi connectivity index (χ1n) is 6.53. The highest BCUT2D eigenvalue weighted by Gasteiger charge is 2.30. The molecule has 1 atom stereocenters. The van der Waals surface area contributed by atoms with Crippen LogP contribution in [0, 0.1) is 0 Å². The number of hydrogen-bond acceptors (Lipinski definition) is 5. The molecule has 1 aliphatic rings. The van der Waals surface area contributed by atoms with Crippen molar-refractivity contribution in [3.8, 4) is 11.5 Å². The Balaban J connectivity index is 2.04. The molecule has 112 valence electrons. The lowest BCUT2D eigenvalue weighted by atomic mass is 10.1. The Bertz CT molecular complexity index is 595. The molecular formula is C14H21NO4S. The summed E-state index contributed by atoms with van der Waals surface area (Å²) in [6.45, 7) is 6.09. The molecule has 2 rings (SSSR count). The second kappa shape index (κ2) is 5.26. The van der Waals surface area contributed by atoms with Crippen molar-refractivity contribution in [3.05, 3.63) is 23.8 Å². The fourth-order valence-corrected chi connectivity index (χ4v) is 2.18. The molecule has 5 nitrogen and oxygen atoms in total. The van der Waals surface area contributed by atoms with E-state index in [2.05, 4.69) is 5.32 Å². The zero-order valence-corrected chi connectivity index (χ0v) is 13.1. The van der Waals surface area contributed by atoms with E-state index in [0.29, 0.717) is 6.54 Å². The third-order valence-corrected chi connectivity index (χ3v) is 5.89. The summed E-state index contributed by atoms with van der Waals surface area (Å²) in [6.07, 6.45) is 1.26. The summed E-state index contributed by atoms with van der Waals surface area (Å²) in [7, 11) is -3.10. The summed E-state index contributed by atoms with van der Waals surface area (Å²) in [4.78, 5) is 0. The van der Waals surface area contributed by atoms with Crippen LogP contribution in [0.3, 0.4) is 0 Å². The Morgan fingerprint density at radius 3 is 2.60 bits per heavy atom. The van der Waals surface area contributed by atoms with Gasteiger partial charge in [-0.1, -0.05) is 6.07 Å². The van der Waals surface area contributed by atoms with Crippen LogP contribution in [-0.4, -0.2) is 32.8 Å². The fourth-order valence-electron chi connectivity index (χ4n) is 1.83. The molecule has 0 saturated carbocycles. The molecule has 1 N–H and O–H groups in total. The highest BCUT2D eigenvalue weighted by atomic mass is 32.2. The first kappa shape index (κ1) is 15.1. The summed E-state index contributed by atoms with van der Waals surface area (Å²) >= 11 is 0. The maximum atomic E-state index is 11.7. The van der Waals surface area contributed by atoms with E-state index in [1.165, 1.54) is 6.26 Å². The Morgan fingerprint density at radius 1 is 1.30 bits per heavy atom. The molecule has 1 unspecified atom stereocenters. The van der Waals surface area contributed by atoms with E-state index >= 15 is 0 Å². The van der Waals surface area contributed by atoms with Crippen molar-refractivity contribution in [2.75, 3.05) is 19.6 Å². The first-order valence-corrected chi connectivity index (χ1v) is 8.42. The SMILES string of the molecule is CC(NCC(C)(C)S(C)(=O)=O)c1ccc2c(c1)OCO2. The topological polar surface area (TPSA) is 64.6 Å². The van der Waals surface area contributed by atoms with Crippen molar-refractivity contribution in [1.29, 1.82) is 0 Å². The van der Waals surface area contributed by atoms with Crippen LogP contribution >= 0.6 is 0 Å². The normalized spacial score (nSPS) is 16.2. The lowest BCUT2D eigenvalue weighted by Crippen LogP contribution is -2.42. The van der Waals surface area contributed by atoms with Crippen LogP contribution in [0.4, 0.5) is 0 Å². The van der Waals surface area contributed by atoms with Gasteiger partial charge in [0, 0.05) is 18.8 Å². The van der Waals surface area contributed by atoms with Gasteiger partial charge in [-0.25, -0.2) is 8.42 Å². The number of rotatable bonds is 5. The van der Waals surface area contributed by atoms with E-state index in [1.54, 1.807) is 13.8 Å². The lowest BCUT2D eigenvalue weighted by molar-refractivity contribution is 0.174. The van der Waals surface area contributed by atoms with Gasteiger partial charge in [0.05, 0.1) is 4.75 Å². The van der Waals surface area contributed by atoms with Gasteiger partial charge < -0.3 is 14.8 Å². The predicted octanol–water partition coefficient (Wildman–Crippen LogP) is 1.89. The molecule has 0 radical (unpaired) electrons. The second-order valence-electron chi connectivity index (χ2n) is 5.75. The van der Waals surface area contributed by atoms with Crippen LogP contribution < -0.4 is 14.8 Å². The minimum Gasteiger partial charge on any atom is -0.454 e. The van der Waals surface area contributed by atoms with E-state index < -0.39 is 14.6 Å². The highest BCUT2D eigenvalue weighted by molar-refractivity contribution is 7.92. The summed E-state index contributed by atoms with van der Waals surface area (Å²) in [5.41, 5.74) is 1.04. The molecule has 0 aliphatic carbocycles. The quantitative estimate of drug-likeness (QED) is 0.899. The summed E-state index contributed by atoms with van der Waals surface area (Å²) < 4.78 is 33.2. The highest BCUT2D eigenvalue weighted by Crippen LogP contribution is 2.34. The summed E-state index contributed by atoms with van der Waals surface area (Å²) in [5.74, 6) is 1.48. The lowest BCUT2D eigenvalue weighted by Gasteiger charge is -2.25. The molecule has 6 heteroatoms. The van der Waals surface area contributed by atoms with Crippen molar-refractivity contribution < 1.29 is 17.9 Å². The molecule has 0 saturated heterocycles. The van der Waals surface area contributed by atoms with Crippen molar-refractivity contribution in [2.24, 2.45) is 0 Å². The van der Waals surface area contributed by atoms with Crippen LogP contribution in [0.25, 0.3) is 0 Å². The Kier molecular flexibility index (Phi) is 3.97. The van der Waals surface area contributed by atoms with E-state index in [0.717, 1.165) is 17.1 Å². The molecule has 1 aromatic carbocycles. The van der Waals surface area contributed by atoms with Gasteiger partial charge in [0.25, 0.3) is 0 Å². The van der Waals surface area contributed by atoms with Crippen molar-refractivity contribution in [1.82, 2.24) is 5.32 Å². The van der Waals surface area contributed by atoms with E-state index in [-0.39, 0.29) is 12.8 Å². The van der Waals surface area contributed by atoms with Crippen LogP contribution in [-0.2, 0) is 9.84 Å². The predicted molar refractivity (Wildman–Crippen MR) is 77.9 cm³/mol. The van der Waals surface area contributed by atoms with Gasteiger partial charge in [0.2, 0.25) is 6.79 Å². The number of nitrogens with one attached hydrogen (secondary N) is 1. The van der Waals surface area contributed by atoms with E-state index in [9.17, 15) is 8.42 Å². The maximum absolute atomic E-state index is 11.7. The number of ether oxygens (including phenoxy) is 2. The van der Waals surface area contributed by atoms with Crippen LogP contribution in [0.2, 0.25) is 0 Å². The summed E-state index contributed by atoms with van der Waals surface area (Å²) in [6, 6.07) is 5.79. The standard InChI is InChI=1S/C14H21NO4S/c1-10(15-8-14(2,3)20(4,16)17)11-5-6-12-13(7-11)19-9-18-12/h5-7,10,15H,8-9H2,1-4H3. The van der Waals surface area contributed by atoms with Crippen molar-refractivity contribution >= 4 is 9.84 Å². The third kappa shape index (κ3) is 3.07. The van der Waals surface area contributed by atoms with Gasteiger partial charge >= 0.3 is 0 Å². The molecular weight excluding hydrogens is 278 g/mol. The minimum absolute atomic E-state index is 0.0329. The number of sulfone groups is 1. The zero-order valence-electron chi connectivity index (χ0n) is 12.3. The molecule has 20 heavy (non-hydrogen) atoms. The van der Waals surface area contributed by atoms with Gasteiger partial charge in [0.15, 0.2) is 21.3 Å². The Hall–Kier alpha value is -1.27. The maximum Gasteiger partial charge on any atom is 0.231 e. The van der Waals surface area contributed by atoms with Gasteiger partial charge in [0.1, 0.15) is 0 Å². The first-order chi connectivity index (χ1) is 9.21. The van der Waals surface area contributed by atoms with E-state index in [1.807, 2.05) is 25.1 Å². The fraction of sp³-hybridized carbons (Fsp3) is 0.571. The molecule has 0 aromatic heterocycles. The summed E-state index contributed by atoms with van der Waals surface area (Å²) in [5, 5.41) is 3.26. The van der Waals surface area contributed by atoms with Crippen LogP contribution in [0.1, 0.15) is 32.4 Å². The third-order valence-electron chi connectivity index (χ3n) is 3.73. The Morgan fingerprint density at radius 2 is 1.95 bits per heavy atom. The molecule has 1 aromatic rings.